The Bertz CT molecular complexity index is 391. The molecule has 106 valence electrons. The van der Waals surface area contributed by atoms with Crippen LogP contribution in [0.3, 0.4) is 0 Å². The molecule has 2 rings (SSSR count). The van der Waals surface area contributed by atoms with E-state index in [4.69, 9.17) is 4.74 Å². The summed E-state index contributed by atoms with van der Waals surface area (Å²) in [6.07, 6.45) is 3.81. The van der Waals surface area contributed by atoms with E-state index in [1.807, 2.05) is 19.9 Å². The lowest BCUT2D eigenvalue weighted by molar-refractivity contribution is 0.325. The van der Waals surface area contributed by atoms with Crippen LogP contribution in [0.2, 0.25) is 0 Å². The molecule has 1 aromatic heterocycles. The summed E-state index contributed by atoms with van der Waals surface area (Å²) in [4.78, 5) is 8.62. The summed E-state index contributed by atoms with van der Waals surface area (Å²) in [5.41, 5.74) is 0. The molecule has 5 heteroatoms. The Morgan fingerprint density at radius 1 is 1.47 bits per heavy atom. The summed E-state index contributed by atoms with van der Waals surface area (Å²) in [5.74, 6) is 3.04. The highest BCUT2D eigenvalue weighted by Gasteiger charge is 2.12. The van der Waals surface area contributed by atoms with E-state index >= 15 is 0 Å². The molecule has 0 saturated carbocycles. The molecule has 2 N–H and O–H groups in total. The molecule has 0 aliphatic carbocycles. The molecule has 1 atom stereocenters. The molecule has 2 heterocycles. The summed E-state index contributed by atoms with van der Waals surface area (Å²) >= 11 is 0. The molecule has 1 saturated heterocycles. The quantitative estimate of drug-likeness (QED) is 0.823. The zero-order valence-corrected chi connectivity index (χ0v) is 11.9. The zero-order chi connectivity index (χ0) is 13.5. The SMILES string of the molecule is CCOc1cc(NCCC2CCCNC2)nc(C)n1. The molecule has 19 heavy (non-hydrogen) atoms. The first-order valence-electron chi connectivity index (χ1n) is 7.21. The second kappa shape index (κ2) is 7.28. The van der Waals surface area contributed by atoms with Crippen molar-refractivity contribution in [2.75, 3.05) is 31.6 Å². The average Bonchev–Trinajstić information content (AvgIpc) is 2.40. The fourth-order valence-corrected chi connectivity index (χ4v) is 2.43. The maximum atomic E-state index is 5.42. The summed E-state index contributed by atoms with van der Waals surface area (Å²) in [7, 11) is 0. The average molecular weight is 264 g/mol. The van der Waals surface area contributed by atoms with Crippen molar-refractivity contribution in [3.8, 4) is 5.88 Å². The maximum Gasteiger partial charge on any atom is 0.218 e. The van der Waals surface area contributed by atoms with Gasteiger partial charge in [-0.2, -0.15) is 4.98 Å². The molecule has 1 aliphatic heterocycles. The summed E-state index contributed by atoms with van der Waals surface area (Å²) < 4.78 is 5.42. The van der Waals surface area contributed by atoms with Gasteiger partial charge in [-0.05, 0) is 52.1 Å². The molecular formula is C14H24N4O. The number of hydrogen-bond acceptors (Lipinski definition) is 5. The van der Waals surface area contributed by atoms with Crippen molar-refractivity contribution in [3.05, 3.63) is 11.9 Å². The molecule has 0 aromatic carbocycles. The van der Waals surface area contributed by atoms with Gasteiger partial charge >= 0.3 is 0 Å². The third-order valence-electron chi connectivity index (χ3n) is 3.36. The van der Waals surface area contributed by atoms with E-state index in [2.05, 4.69) is 20.6 Å². The molecule has 0 bridgehead atoms. The topological polar surface area (TPSA) is 59.1 Å². The molecule has 1 aliphatic rings. The molecular weight excluding hydrogens is 240 g/mol. The Hall–Kier alpha value is -1.36. The van der Waals surface area contributed by atoms with Crippen LogP contribution in [0.15, 0.2) is 6.07 Å². The first kappa shape index (κ1) is 14.1. The van der Waals surface area contributed by atoms with Crippen LogP contribution < -0.4 is 15.4 Å². The fourth-order valence-electron chi connectivity index (χ4n) is 2.43. The normalized spacial score (nSPS) is 19.2. The van der Waals surface area contributed by atoms with E-state index < -0.39 is 0 Å². The Balaban J connectivity index is 1.81. The third kappa shape index (κ3) is 4.67. The Morgan fingerprint density at radius 3 is 3.11 bits per heavy atom. The van der Waals surface area contributed by atoms with Crippen LogP contribution in [0.4, 0.5) is 5.82 Å². The van der Waals surface area contributed by atoms with Gasteiger partial charge in [0.15, 0.2) is 0 Å². The van der Waals surface area contributed by atoms with Crippen LogP contribution in [-0.4, -0.2) is 36.2 Å². The smallest absolute Gasteiger partial charge is 0.218 e. The fraction of sp³-hybridized carbons (Fsp3) is 0.714. The van der Waals surface area contributed by atoms with Crippen molar-refractivity contribution in [1.82, 2.24) is 15.3 Å². The number of nitrogens with one attached hydrogen (secondary N) is 2. The predicted molar refractivity (Wildman–Crippen MR) is 76.6 cm³/mol. The van der Waals surface area contributed by atoms with Crippen molar-refractivity contribution in [2.45, 2.75) is 33.1 Å². The van der Waals surface area contributed by atoms with E-state index in [0.29, 0.717) is 12.5 Å². The first-order valence-corrected chi connectivity index (χ1v) is 7.21. The van der Waals surface area contributed by atoms with Crippen molar-refractivity contribution in [3.63, 3.8) is 0 Å². The second-order valence-corrected chi connectivity index (χ2v) is 5.00. The third-order valence-corrected chi connectivity index (χ3v) is 3.36. The number of rotatable bonds is 6. The van der Waals surface area contributed by atoms with Crippen LogP contribution in [-0.2, 0) is 0 Å². The predicted octanol–water partition coefficient (Wildman–Crippen LogP) is 1.99. The Kier molecular flexibility index (Phi) is 5.39. The van der Waals surface area contributed by atoms with Gasteiger partial charge in [-0.15, -0.1) is 0 Å². The lowest BCUT2D eigenvalue weighted by Crippen LogP contribution is -2.30. The highest BCUT2D eigenvalue weighted by atomic mass is 16.5. The Labute approximate surface area is 115 Å². The van der Waals surface area contributed by atoms with E-state index in [-0.39, 0.29) is 0 Å². The number of anilines is 1. The number of aryl methyl sites for hydroxylation is 1. The van der Waals surface area contributed by atoms with Crippen LogP contribution in [0.1, 0.15) is 32.0 Å². The highest BCUT2D eigenvalue weighted by molar-refractivity contribution is 5.38. The number of hydrogen-bond donors (Lipinski definition) is 2. The molecule has 0 radical (unpaired) electrons. The van der Waals surface area contributed by atoms with Gasteiger partial charge in [-0.1, -0.05) is 0 Å². The van der Waals surface area contributed by atoms with Crippen LogP contribution >= 0.6 is 0 Å². The summed E-state index contributed by atoms with van der Waals surface area (Å²) in [6.45, 7) is 7.75. The minimum absolute atomic E-state index is 0.629. The number of piperidine rings is 1. The van der Waals surface area contributed by atoms with E-state index in [0.717, 1.165) is 30.6 Å². The van der Waals surface area contributed by atoms with Gasteiger partial charge in [0.25, 0.3) is 0 Å². The number of aromatic nitrogens is 2. The van der Waals surface area contributed by atoms with Crippen LogP contribution in [0.25, 0.3) is 0 Å². The van der Waals surface area contributed by atoms with E-state index in [1.165, 1.54) is 25.8 Å². The van der Waals surface area contributed by atoms with E-state index in [9.17, 15) is 0 Å². The lowest BCUT2D eigenvalue weighted by atomic mass is 9.96. The molecule has 1 aromatic rings. The minimum atomic E-state index is 0.629. The molecule has 1 fully saturated rings. The molecule has 0 spiro atoms. The van der Waals surface area contributed by atoms with Crippen molar-refractivity contribution < 1.29 is 4.74 Å². The second-order valence-electron chi connectivity index (χ2n) is 5.00. The van der Waals surface area contributed by atoms with Crippen molar-refractivity contribution >= 4 is 5.82 Å². The van der Waals surface area contributed by atoms with Gasteiger partial charge in [0.05, 0.1) is 6.61 Å². The number of ether oxygens (including phenoxy) is 1. The van der Waals surface area contributed by atoms with Gasteiger partial charge < -0.3 is 15.4 Å². The summed E-state index contributed by atoms with van der Waals surface area (Å²) in [6, 6.07) is 1.87. The molecule has 0 amide bonds. The molecule has 5 nitrogen and oxygen atoms in total. The standard InChI is InChI=1S/C14H24N4O/c1-3-19-14-9-13(17-11(2)18-14)16-8-6-12-5-4-7-15-10-12/h9,12,15H,3-8,10H2,1-2H3,(H,16,17,18). The maximum absolute atomic E-state index is 5.42. The van der Waals surface area contributed by atoms with Gasteiger partial charge in [-0.25, -0.2) is 4.98 Å². The zero-order valence-electron chi connectivity index (χ0n) is 11.9. The number of nitrogens with zero attached hydrogens (tertiary/aromatic N) is 2. The van der Waals surface area contributed by atoms with Crippen LogP contribution in [0.5, 0.6) is 5.88 Å². The molecule has 1 unspecified atom stereocenters. The van der Waals surface area contributed by atoms with Crippen molar-refractivity contribution in [2.24, 2.45) is 5.92 Å². The minimum Gasteiger partial charge on any atom is -0.478 e. The monoisotopic (exact) mass is 264 g/mol. The van der Waals surface area contributed by atoms with E-state index in [1.54, 1.807) is 0 Å². The van der Waals surface area contributed by atoms with Gasteiger partial charge in [-0.3, -0.25) is 0 Å². The highest BCUT2D eigenvalue weighted by Crippen LogP contribution is 2.16. The van der Waals surface area contributed by atoms with Gasteiger partial charge in [0, 0.05) is 12.6 Å². The van der Waals surface area contributed by atoms with Gasteiger partial charge in [0.1, 0.15) is 11.6 Å². The van der Waals surface area contributed by atoms with Crippen LogP contribution in [0, 0.1) is 12.8 Å². The first-order chi connectivity index (χ1) is 9.28. The summed E-state index contributed by atoms with van der Waals surface area (Å²) in [5, 5.41) is 6.82. The lowest BCUT2D eigenvalue weighted by Gasteiger charge is -2.22. The van der Waals surface area contributed by atoms with Crippen molar-refractivity contribution in [1.29, 1.82) is 0 Å². The largest absolute Gasteiger partial charge is 0.478 e. The van der Waals surface area contributed by atoms with Gasteiger partial charge in [0.2, 0.25) is 5.88 Å². The Morgan fingerprint density at radius 2 is 2.37 bits per heavy atom.